The van der Waals surface area contributed by atoms with Crippen molar-refractivity contribution in [3.8, 4) is 0 Å². The van der Waals surface area contributed by atoms with Crippen molar-refractivity contribution in [3.05, 3.63) is 83.9 Å². The lowest BCUT2D eigenvalue weighted by atomic mass is 9.74. The number of hydrogen-bond donors (Lipinski definition) is 0. The first kappa shape index (κ1) is 24.0. The zero-order valence-corrected chi connectivity index (χ0v) is 22.5. The highest BCUT2D eigenvalue weighted by molar-refractivity contribution is 7.76. The van der Waals surface area contributed by atoms with Crippen molar-refractivity contribution in [2.24, 2.45) is 29.1 Å². The quantitative estimate of drug-likeness (QED) is 0.313. The second kappa shape index (κ2) is 9.18. The van der Waals surface area contributed by atoms with E-state index in [-0.39, 0.29) is 18.2 Å². The van der Waals surface area contributed by atoms with E-state index in [1.807, 2.05) is 0 Å². The lowest BCUT2D eigenvalue weighted by molar-refractivity contribution is -0.169. The van der Waals surface area contributed by atoms with Crippen molar-refractivity contribution in [1.29, 1.82) is 0 Å². The maximum atomic E-state index is 12.9. The molecule has 4 heteroatoms. The average Bonchev–Trinajstić information content (AvgIpc) is 3.53. The predicted molar refractivity (Wildman–Crippen MR) is 147 cm³/mol. The van der Waals surface area contributed by atoms with Crippen molar-refractivity contribution in [3.63, 3.8) is 0 Å². The van der Waals surface area contributed by atoms with Gasteiger partial charge in [0.25, 0.3) is 0 Å². The van der Waals surface area contributed by atoms with Crippen LogP contribution in [0.2, 0.25) is 0 Å². The first-order chi connectivity index (χ1) is 17.4. The van der Waals surface area contributed by atoms with Crippen LogP contribution in [-0.4, -0.2) is 18.2 Å². The Bertz CT molecular complexity index is 1150. The van der Waals surface area contributed by atoms with Gasteiger partial charge in [0.1, 0.15) is 5.60 Å². The summed E-state index contributed by atoms with van der Waals surface area (Å²) in [6, 6.07) is 21.6. The molecule has 0 saturated heterocycles. The van der Waals surface area contributed by atoms with Crippen LogP contribution >= 0.6 is 7.92 Å². The highest BCUT2D eigenvalue weighted by Crippen LogP contribution is 2.76. The summed E-state index contributed by atoms with van der Waals surface area (Å²) >= 11 is 0. The molecule has 0 radical (unpaired) electrons. The van der Waals surface area contributed by atoms with E-state index >= 15 is 0 Å². The van der Waals surface area contributed by atoms with Gasteiger partial charge < -0.3 is 9.47 Å². The van der Waals surface area contributed by atoms with Gasteiger partial charge in [-0.1, -0.05) is 80.6 Å². The highest BCUT2D eigenvalue weighted by Gasteiger charge is 2.73. The first-order valence-corrected chi connectivity index (χ1v) is 14.9. The van der Waals surface area contributed by atoms with Gasteiger partial charge in [-0.3, -0.25) is 0 Å². The number of carbonyl (C=O) groups is 1. The Morgan fingerprint density at radius 3 is 2.25 bits per heavy atom. The van der Waals surface area contributed by atoms with Gasteiger partial charge in [-0.05, 0) is 85.7 Å². The largest absolute Gasteiger partial charge is 0.486 e. The van der Waals surface area contributed by atoms with E-state index in [1.165, 1.54) is 41.6 Å². The van der Waals surface area contributed by atoms with Gasteiger partial charge in [-0.15, -0.1) is 0 Å². The molecule has 6 unspecified atom stereocenters. The van der Waals surface area contributed by atoms with Crippen molar-refractivity contribution in [2.75, 3.05) is 6.61 Å². The Morgan fingerprint density at radius 2 is 1.61 bits per heavy atom. The third-order valence-corrected chi connectivity index (χ3v) is 12.0. The molecule has 0 heterocycles. The molecule has 188 valence electrons. The summed E-state index contributed by atoms with van der Waals surface area (Å²) in [5.74, 6) is 2.83. The molecule has 2 aromatic carbocycles. The van der Waals surface area contributed by atoms with Crippen LogP contribution in [0.5, 0.6) is 0 Å². The molecule has 2 aromatic rings. The monoisotopic (exact) mass is 500 g/mol. The Labute approximate surface area is 216 Å². The number of benzene rings is 2. The summed E-state index contributed by atoms with van der Waals surface area (Å²) in [5.41, 5.74) is 0.171. The first-order valence-electron chi connectivity index (χ1n) is 13.5. The van der Waals surface area contributed by atoms with Crippen LogP contribution < -0.4 is 10.6 Å². The SMILES string of the molecule is CC1CC2CC3(C1)CC3C2(C)OC(=O)COC1=CC=C(P(c2ccccc2)c2ccccc2)C(C)C1. The van der Waals surface area contributed by atoms with Gasteiger partial charge in [0.2, 0.25) is 0 Å². The van der Waals surface area contributed by atoms with Crippen molar-refractivity contribution >= 4 is 24.5 Å². The molecule has 36 heavy (non-hydrogen) atoms. The molecule has 1 spiro atoms. The molecule has 3 fully saturated rings. The van der Waals surface area contributed by atoms with E-state index in [9.17, 15) is 4.79 Å². The number of allylic oxidation sites excluding steroid dienone is 4. The van der Waals surface area contributed by atoms with E-state index in [2.05, 4.69) is 93.6 Å². The normalized spacial score (nSPS) is 34.4. The third-order valence-electron chi connectivity index (χ3n) is 9.24. The highest BCUT2D eigenvalue weighted by atomic mass is 31.1. The van der Waals surface area contributed by atoms with Gasteiger partial charge in [0.05, 0.1) is 5.76 Å². The number of esters is 1. The Hall–Kier alpha value is -2.38. The summed E-state index contributed by atoms with van der Waals surface area (Å²) in [6.07, 6.45) is 10.1. The van der Waals surface area contributed by atoms with Crippen LogP contribution in [0.1, 0.15) is 52.9 Å². The molecular weight excluding hydrogens is 463 g/mol. The lowest BCUT2D eigenvalue weighted by Crippen LogP contribution is -2.40. The minimum atomic E-state index is -0.606. The number of fused-ring (bicyclic) bond motifs is 1. The minimum absolute atomic E-state index is 0.00540. The van der Waals surface area contributed by atoms with Crippen LogP contribution in [0.15, 0.2) is 83.9 Å². The number of ether oxygens (including phenoxy) is 2. The van der Waals surface area contributed by atoms with E-state index in [0.717, 1.165) is 18.1 Å². The van der Waals surface area contributed by atoms with Crippen molar-refractivity contribution in [2.45, 2.75) is 58.5 Å². The number of hydrogen-bond acceptors (Lipinski definition) is 3. The van der Waals surface area contributed by atoms with E-state index in [1.54, 1.807) is 0 Å². The second-order valence-electron chi connectivity index (χ2n) is 11.8. The van der Waals surface area contributed by atoms with Crippen molar-refractivity contribution in [1.82, 2.24) is 0 Å². The topological polar surface area (TPSA) is 35.5 Å². The van der Waals surface area contributed by atoms with Crippen LogP contribution in [0.25, 0.3) is 0 Å². The lowest BCUT2D eigenvalue weighted by Gasteiger charge is -2.37. The second-order valence-corrected chi connectivity index (χ2v) is 14.1. The smallest absolute Gasteiger partial charge is 0.344 e. The molecular formula is C32H37O3P. The molecule has 3 saturated carbocycles. The third kappa shape index (κ3) is 4.24. The summed E-state index contributed by atoms with van der Waals surface area (Å²) < 4.78 is 12.2. The van der Waals surface area contributed by atoms with Crippen LogP contribution in [0.3, 0.4) is 0 Å². The van der Waals surface area contributed by atoms with Gasteiger partial charge in [0.15, 0.2) is 6.61 Å². The number of carbonyl (C=O) groups excluding carboxylic acids is 1. The number of rotatable bonds is 7. The van der Waals surface area contributed by atoms with E-state index in [4.69, 9.17) is 9.47 Å². The van der Waals surface area contributed by atoms with Gasteiger partial charge in [-0.25, -0.2) is 4.79 Å². The summed E-state index contributed by atoms with van der Waals surface area (Å²) in [6.45, 7) is 6.83. The van der Waals surface area contributed by atoms with Gasteiger partial charge >= 0.3 is 5.97 Å². The Morgan fingerprint density at radius 1 is 0.944 bits per heavy atom. The van der Waals surface area contributed by atoms with Crippen molar-refractivity contribution < 1.29 is 14.3 Å². The van der Waals surface area contributed by atoms with Crippen LogP contribution in [0.4, 0.5) is 0 Å². The van der Waals surface area contributed by atoms with Gasteiger partial charge in [-0.2, -0.15) is 0 Å². The molecule has 0 aromatic heterocycles. The molecule has 6 atom stereocenters. The Balaban J connectivity index is 1.14. The van der Waals surface area contributed by atoms with Crippen LogP contribution in [0, 0.1) is 29.1 Å². The molecule has 0 amide bonds. The fraction of sp³-hybridized carbons (Fsp3) is 0.469. The van der Waals surface area contributed by atoms with Gasteiger partial charge in [0, 0.05) is 12.3 Å². The van der Waals surface area contributed by atoms with Crippen LogP contribution in [-0.2, 0) is 14.3 Å². The molecule has 0 aliphatic heterocycles. The summed E-state index contributed by atoms with van der Waals surface area (Å²) in [7, 11) is -0.606. The van der Waals surface area contributed by atoms with E-state index in [0.29, 0.717) is 23.2 Å². The minimum Gasteiger partial charge on any atom is -0.486 e. The average molecular weight is 501 g/mol. The predicted octanol–water partition coefficient (Wildman–Crippen LogP) is 6.70. The van der Waals surface area contributed by atoms with E-state index < -0.39 is 7.92 Å². The summed E-state index contributed by atoms with van der Waals surface area (Å²) in [4.78, 5) is 12.9. The zero-order valence-electron chi connectivity index (χ0n) is 21.7. The molecule has 4 aliphatic carbocycles. The maximum absolute atomic E-state index is 12.9. The zero-order chi connectivity index (χ0) is 24.9. The fourth-order valence-electron chi connectivity index (χ4n) is 7.65. The molecule has 0 N–H and O–H groups in total. The molecule has 6 rings (SSSR count). The molecule has 4 aliphatic rings. The summed E-state index contributed by atoms with van der Waals surface area (Å²) in [5, 5.41) is 4.16. The Kier molecular flexibility index (Phi) is 6.11. The maximum Gasteiger partial charge on any atom is 0.344 e. The molecule has 2 bridgehead atoms. The molecule has 3 nitrogen and oxygen atoms in total. The standard InChI is InChI=1S/C32H37O3P/c1-22-16-24-19-32(18-22)20-29(32)31(24,3)35-30(33)21-34-25-14-15-28(23(2)17-25)36(26-10-6-4-7-11-26)27-12-8-5-9-13-27/h4-15,22-24,29H,16-21H2,1-3H3. The fourth-order valence-corrected chi connectivity index (χ4v) is 10.2.